The molecule has 7 nitrogen and oxygen atoms in total. The van der Waals surface area contributed by atoms with Crippen molar-refractivity contribution < 1.29 is 31.3 Å². The minimum Gasteiger partial charge on any atom is -0.345 e. The molecular weight excluding hydrogens is 502 g/mol. The predicted octanol–water partition coefficient (Wildman–Crippen LogP) is 5.01. The number of nitro groups is 1. The van der Waals surface area contributed by atoms with Crippen molar-refractivity contribution >= 4 is 32.2 Å². The highest BCUT2D eigenvalue weighted by molar-refractivity contribution is 7.22. The first-order chi connectivity index (χ1) is 16.4. The summed E-state index contributed by atoms with van der Waals surface area (Å²) >= 11 is 0.658. The molecule has 1 unspecified atom stereocenters. The van der Waals surface area contributed by atoms with Crippen LogP contribution in [0.15, 0.2) is 47.3 Å². The van der Waals surface area contributed by atoms with Crippen molar-refractivity contribution in [1.82, 2.24) is 9.88 Å². The largest absolute Gasteiger partial charge is 0.416 e. The molecule has 1 aromatic heterocycles. The zero-order chi connectivity index (χ0) is 25.5. The number of alkyl halides is 6. The Bertz CT molecular complexity index is 1300. The second-order valence-corrected chi connectivity index (χ2v) is 8.78. The summed E-state index contributed by atoms with van der Waals surface area (Å²) in [5, 5.41) is 10.9. The molecule has 0 saturated carbocycles. The summed E-state index contributed by atoms with van der Waals surface area (Å²) in [6, 6.07) is 6.44. The molecule has 0 spiro atoms. The van der Waals surface area contributed by atoms with Crippen molar-refractivity contribution in [2.45, 2.75) is 18.4 Å². The second-order valence-electron chi connectivity index (χ2n) is 7.81. The maximum Gasteiger partial charge on any atom is 0.416 e. The van der Waals surface area contributed by atoms with Gasteiger partial charge in [0.25, 0.3) is 11.2 Å². The quantitative estimate of drug-likeness (QED) is 0.275. The van der Waals surface area contributed by atoms with Crippen molar-refractivity contribution in [3.63, 3.8) is 0 Å². The fraction of sp³-hybridized carbons (Fsp3) is 0.333. The summed E-state index contributed by atoms with van der Waals surface area (Å²) in [4.78, 5) is 29.5. The molecule has 35 heavy (non-hydrogen) atoms. The summed E-state index contributed by atoms with van der Waals surface area (Å²) < 4.78 is 80.6. The van der Waals surface area contributed by atoms with E-state index in [4.69, 9.17) is 0 Å². The average molecular weight is 518 g/mol. The molecule has 4 rings (SSSR count). The lowest BCUT2D eigenvalue weighted by Gasteiger charge is -2.40. The normalized spacial score (nSPS) is 16.5. The molecule has 0 amide bonds. The van der Waals surface area contributed by atoms with E-state index < -0.39 is 45.5 Å². The van der Waals surface area contributed by atoms with E-state index >= 15 is 0 Å². The SMILES string of the molecule is O=c1nc(N2CCN(C(c3ccccc3)C(F)(F)F)CC2)sc2c([N+](=O)[O-])cc(C(F)(F)F)cc12. The van der Waals surface area contributed by atoms with Crippen LogP contribution in [0.3, 0.4) is 0 Å². The molecule has 1 saturated heterocycles. The molecule has 3 aromatic rings. The van der Waals surface area contributed by atoms with Gasteiger partial charge in [0, 0.05) is 32.2 Å². The zero-order valence-electron chi connectivity index (χ0n) is 17.6. The number of anilines is 1. The number of benzene rings is 2. The van der Waals surface area contributed by atoms with Gasteiger partial charge < -0.3 is 4.90 Å². The third-order valence-corrected chi connectivity index (χ3v) is 6.75. The Balaban J connectivity index is 1.65. The number of hydrogen-bond acceptors (Lipinski definition) is 7. The Morgan fingerprint density at radius 3 is 2.17 bits per heavy atom. The van der Waals surface area contributed by atoms with Crippen molar-refractivity contribution in [2.24, 2.45) is 0 Å². The van der Waals surface area contributed by atoms with Crippen LogP contribution in [-0.4, -0.2) is 47.2 Å². The fourth-order valence-electron chi connectivity index (χ4n) is 3.99. The van der Waals surface area contributed by atoms with E-state index in [-0.39, 0.29) is 41.6 Å². The highest BCUT2D eigenvalue weighted by Gasteiger charge is 2.45. The highest BCUT2D eigenvalue weighted by atomic mass is 32.1. The molecule has 1 aliphatic heterocycles. The number of piperazine rings is 1. The fourth-order valence-corrected chi connectivity index (χ4v) is 5.11. The second kappa shape index (κ2) is 9.07. The summed E-state index contributed by atoms with van der Waals surface area (Å²) in [5.41, 5.74) is -3.23. The van der Waals surface area contributed by atoms with Gasteiger partial charge in [0.05, 0.1) is 15.9 Å². The van der Waals surface area contributed by atoms with E-state index in [9.17, 15) is 41.3 Å². The lowest BCUT2D eigenvalue weighted by Crippen LogP contribution is -2.51. The first-order valence-electron chi connectivity index (χ1n) is 10.2. The lowest BCUT2D eigenvalue weighted by molar-refractivity contribution is -0.383. The van der Waals surface area contributed by atoms with Gasteiger partial charge in [0.2, 0.25) is 0 Å². The molecule has 2 heterocycles. The van der Waals surface area contributed by atoms with E-state index in [1.54, 1.807) is 6.07 Å². The van der Waals surface area contributed by atoms with Gasteiger partial charge >= 0.3 is 12.4 Å². The van der Waals surface area contributed by atoms with Gasteiger partial charge in [-0.1, -0.05) is 41.7 Å². The number of non-ortho nitro benzene ring substituents is 1. The molecule has 0 N–H and O–H groups in total. The van der Waals surface area contributed by atoms with Crippen LogP contribution in [0.4, 0.5) is 37.2 Å². The van der Waals surface area contributed by atoms with Gasteiger partial charge in [-0.25, -0.2) is 0 Å². The van der Waals surface area contributed by atoms with Gasteiger partial charge in [-0.2, -0.15) is 31.3 Å². The minimum atomic E-state index is -4.90. The van der Waals surface area contributed by atoms with E-state index in [2.05, 4.69) is 4.98 Å². The topological polar surface area (TPSA) is 79.6 Å². The van der Waals surface area contributed by atoms with Gasteiger partial charge in [0.15, 0.2) is 5.13 Å². The number of fused-ring (bicyclic) bond motifs is 1. The molecule has 0 aliphatic carbocycles. The van der Waals surface area contributed by atoms with Crippen LogP contribution in [0.1, 0.15) is 17.2 Å². The molecular formula is C21H16F6N4O3S. The third-order valence-electron chi connectivity index (χ3n) is 5.59. The van der Waals surface area contributed by atoms with Gasteiger partial charge in [-0.05, 0) is 11.6 Å². The first-order valence-corrected chi connectivity index (χ1v) is 11.0. The zero-order valence-corrected chi connectivity index (χ0v) is 18.5. The van der Waals surface area contributed by atoms with E-state index in [1.807, 2.05) is 0 Å². The minimum absolute atomic E-state index is 0.00622. The molecule has 0 bridgehead atoms. The molecule has 186 valence electrons. The average Bonchev–Trinajstić information content (AvgIpc) is 2.78. The Kier molecular flexibility index (Phi) is 6.44. The molecule has 1 atom stereocenters. The van der Waals surface area contributed by atoms with Crippen molar-refractivity contribution in [3.05, 3.63) is 74.1 Å². The van der Waals surface area contributed by atoms with Crippen LogP contribution < -0.4 is 10.5 Å². The number of hydrogen-bond donors (Lipinski definition) is 0. The van der Waals surface area contributed by atoms with E-state index in [0.717, 1.165) is 0 Å². The molecule has 2 aromatic carbocycles. The van der Waals surface area contributed by atoms with Gasteiger partial charge in [0.1, 0.15) is 10.7 Å². The maximum atomic E-state index is 13.8. The Morgan fingerprint density at radius 2 is 1.63 bits per heavy atom. The monoisotopic (exact) mass is 518 g/mol. The molecule has 1 aliphatic rings. The van der Waals surface area contributed by atoms with Crippen molar-refractivity contribution in [2.75, 3.05) is 31.1 Å². The summed E-state index contributed by atoms with van der Waals surface area (Å²) in [7, 11) is 0. The van der Waals surface area contributed by atoms with E-state index in [1.165, 1.54) is 34.1 Å². The third kappa shape index (κ3) is 5.07. The van der Waals surface area contributed by atoms with E-state index in [0.29, 0.717) is 23.5 Å². The predicted molar refractivity (Wildman–Crippen MR) is 117 cm³/mol. The smallest absolute Gasteiger partial charge is 0.345 e. The summed E-state index contributed by atoms with van der Waals surface area (Å²) in [6.45, 7) is -0.0335. The lowest BCUT2D eigenvalue weighted by atomic mass is 10.0. The number of aromatic nitrogens is 1. The van der Waals surface area contributed by atoms with Crippen LogP contribution >= 0.6 is 11.3 Å². The summed E-state index contributed by atoms with van der Waals surface area (Å²) in [6.07, 6.45) is -9.44. The Hall–Kier alpha value is -3.26. The van der Waals surface area contributed by atoms with Crippen LogP contribution in [0.5, 0.6) is 0 Å². The maximum absolute atomic E-state index is 13.8. The number of nitrogens with zero attached hydrogens (tertiary/aromatic N) is 4. The number of rotatable bonds is 4. The van der Waals surface area contributed by atoms with Gasteiger partial charge in [-0.15, -0.1) is 0 Å². The van der Waals surface area contributed by atoms with Crippen LogP contribution in [0.2, 0.25) is 0 Å². The van der Waals surface area contributed by atoms with Crippen LogP contribution in [-0.2, 0) is 6.18 Å². The standard InChI is InChI=1S/C21H16F6N4O3S/c22-20(23,24)13-10-14-16(15(11-13)31(33)34)35-19(28-18(14)32)30-8-6-29(7-9-30)17(21(25,26)27)12-4-2-1-3-5-12/h1-5,10-11,17H,6-9H2. The van der Waals surface area contributed by atoms with Gasteiger partial charge in [-0.3, -0.25) is 19.8 Å². The molecule has 0 radical (unpaired) electrons. The summed E-state index contributed by atoms with van der Waals surface area (Å²) in [5.74, 6) is 0. The first kappa shape index (κ1) is 24.9. The van der Waals surface area contributed by atoms with Crippen LogP contribution in [0.25, 0.3) is 10.1 Å². The Morgan fingerprint density at radius 1 is 1.00 bits per heavy atom. The highest BCUT2D eigenvalue weighted by Crippen LogP contribution is 2.40. The number of nitro benzene ring substituents is 1. The Labute approximate surface area is 197 Å². The molecule has 14 heteroatoms. The molecule has 1 fully saturated rings. The van der Waals surface area contributed by atoms with Crippen molar-refractivity contribution in [3.8, 4) is 0 Å². The van der Waals surface area contributed by atoms with Crippen molar-refractivity contribution in [1.29, 1.82) is 0 Å². The van der Waals surface area contributed by atoms with Crippen LogP contribution in [0, 0.1) is 10.1 Å². The number of halogens is 6.